The number of hydrogen-bond donors (Lipinski definition) is 0. The van der Waals surface area contributed by atoms with Crippen LogP contribution in [-0.2, 0) is 0 Å². The van der Waals surface area contributed by atoms with Gasteiger partial charge in [0.05, 0.1) is 12.5 Å². The first-order valence-electron chi connectivity index (χ1n) is 3.78. The highest BCUT2D eigenvalue weighted by atomic mass is 16.1. The van der Waals surface area contributed by atoms with Gasteiger partial charge in [0.25, 0.3) is 0 Å². The van der Waals surface area contributed by atoms with Gasteiger partial charge in [0, 0.05) is 11.1 Å². The van der Waals surface area contributed by atoms with Gasteiger partial charge in [-0.2, -0.15) is 5.26 Å². The van der Waals surface area contributed by atoms with E-state index < -0.39 is 0 Å². The molecule has 0 atom stereocenters. The third kappa shape index (κ3) is 2.81. The fraction of sp³-hybridized carbons (Fsp3) is 0.0909. The summed E-state index contributed by atoms with van der Waals surface area (Å²) in [6, 6.07) is 8.84. The summed E-state index contributed by atoms with van der Waals surface area (Å²) in [7, 11) is 0. The van der Waals surface area contributed by atoms with Crippen LogP contribution in [-0.4, -0.2) is 6.29 Å². The van der Waals surface area contributed by atoms with Crippen LogP contribution in [0, 0.1) is 23.2 Å². The van der Waals surface area contributed by atoms with E-state index in [0.29, 0.717) is 5.56 Å². The number of rotatable bonds is 1. The lowest BCUT2D eigenvalue weighted by molar-refractivity contribution is 0.112. The van der Waals surface area contributed by atoms with Gasteiger partial charge in [-0.3, -0.25) is 4.79 Å². The monoisotopic (exact) mass is 169 g/mol. The van der Waals surface area contributed by atoms with Gasteiger partial charge < -0.3 is 0 Å². The van der Waals surface area contributed by atoms with Crippen molar-refractivity contribution < 1.29 is 4.79 Å². The molecule has 0 fully saturated rings. The first kappa shape index (κ1) is 9.03. The third-order valence-corrected chi connectivity index (χ3v) is 1.45. The zero-order valence-electron chi connectivity index (χ0n) is 6.95. The molecule has 0 unspecified atom stereocenters. The molecule has 0 bridgehead atoms. The van der Waals surface area contributed by atoms with Crippen LogP contribution >= 0.6 is 0 Å². The lowest BCUT2D eigenvalue weighted by Crippen LogP contribution is -1.79. The number of nitriles is 1. The van der Waals surface area contributed by atoms with Crippen molar-refractivity contribution in [2.75, 3.05) is 0 Å². The van der Waals surface area contributed by atoms with E-state index in [9.17, 15) is 4.79 Å². The smallest absolute Gasteiger partial charge is 0.150 e. The largest absolute Gasteiger partial charge is 0.298 e. The number of nitrogens with zero attached hydrogens (tertiary/aromatic N) is 1. The van der Waals surface area contributed by atoms with Gasteiger partial charge in [-0.25, -0.2) is 0 Å². The van der Waals surface area contributed by atoms with E-state index in [-0.39, 0.29) is 6.42 Å². The normalized spacial score (nSPS) is 7.92. The van der Waals surface area contributed by atoms with E-state index in [4.69, 9.17) is 5.26 Å². The van der Waals surface area contributed by atoms with E-state index in [1.54, 1.807) is 24.3 Å². The molecule has 0 saturated carbocycles. The molecule has 0 aliphatic carbocycles. The van der Waals surface area contributed by atoms with Gasteiger partial charge in [-0.1, -0.05) is 24.0 Å². The first-order chi connectivity index (χ1) is 6.36. The Kier molecular flexibility index (Phi) is 3.30. The molecule has 2 nitrogen and oxygen atoms in total. The molecule has 1 aromatic carbocycles. The molecule has 0 amide bonds. The topological polar surface area (TPSA) is 40.9 Å². The second-order valence-electron chi connectivity index (χ2n) is 2.38. The molecule has 1 rings (SSSR count). The Morgan fingerprint density at radius 3 is 2.54 bits per heavy atom. The SMILES string of the molecule is N#CCC#Cc1ccc(C=O)cc1. The van der Waals surface area contributed by atoms with E-state index in [1.165, 1.54) is 0 Å². The number of aldehydes is 1. The maximum Gasteiger partial charge on any atom is 0.150 e. The molecule has 1 aromatic rings. The van der Waals surface area contributed by atoms with E-state index >= 15 is 0 Å². The van der Waals surface area contributed by atoms with Crippen LogP contribution in [0.1, 0.15) is 22.3 Å². The Morgan fingerprint density at radius 1 is 1.31 bits per heavy atom. The zero-order chi connectivity index (χ0) is 9.52. The minimum Gasteiger partial charge on any atom is -0.298 e. The molecule has 2 heteroatoms. The Morgan fingerprint density at radius 2 is 2.00 bits per heavy atom. The van der Waals surface area contributed by atoms with Crippen LogP contribution in [0.25, 0.3) is 0 Å². The van der Waals surface area contributed by atoms with Gasteiger partial charge in [-0.05, 0) is 12.1 Å². The zero-order valence-corrected chi connectivity index (χ0v) is 6.95. The Balaban J connectivity index is 2.78. The third-order valence-electron chi connectivity index (χ3n) is 1.45. The number of carbonyl (C=O) groups is 1. The highest BCUT2D eigenvalue weighted by Gasteiger charge is 1.88. The summed E-state index contributed by atoms with van der Waals surface area (Å²) in [5.41, 5.74) is 1.45. The Hall–Kier alpha value is -2.06. The summed E-state index contributed by atoms with van der Waals surface area (Å²) in [5.74, 6) is 5.50. The lowest BCUT2D eigenvalue weighted by atomic mass is 10.1. The van der Waals surface area contributed by atoms with Gasteiger partial charge in [0.1, 0.15) is 6.29 Å². The molecule has 62 valence electrons. The highest BCUT2D eigenvalue weighted by molar-refractivity contribution is 5.74. The summed E-state index contributed by atoms with van der Waals surface area (Å²) >= 11 is 0. The Labute approximate surface area is 76.8 Å². The first-order valence-corrected chi connectivity index (χ1v) is 3.78. The predicted molar refractivity (Wildman–Crippen MR) is 48.9 cm³/mol. The molecule has 0 aromatic heterocycles. The molecule has 0 radical (unpaired) electrons. The fourth-order valence-corrected chi connectivity index (χ4v) is 0.831. The number of hydrogen-bond acceptors (Lipinski definition) is 2. The van der Waals surface area contributed by atoms with Crippen LogP contribution in [0.4, 0.5) is 0 Å². The van der Waals surface area contributed by atoms with Crippen LogP contribution in [0.3, 0.4) is 0 Å². The maximum absolute atomic E-state index is 10.3. The van der Waals surface area contributed by atoms with Gasteiger partial charge in [0.2, 0.25) is 0 Å². The van der Waals surface area contributed by atoms with Crippen molar-refractivity contribution in [2.24, 2.45) is 0 Å². The van der Waals surface area contributed by atoms with Crippen molar-refractivity contribution in [1.82, 2.24) is 0 Å². The molecular weight excluding hydrogens is 162 g/mol. The fourth-order valence-electron chi connectivity index (χ4n) is 0.831. The summed E-state index contributed by atoms with van der Waals surface area (Å²) in [5, 5.41) is 8.23. The second-order valence-corrected chi connectivity index (χ2v) is 2.38. The summed E-state index contributed by atoms with van der Waals surface area (Å²) in [4.78, 5) is 10.3. The van der Waals surface area contributed by atoms with Crippen molar-refractivity contribution >= 4 is 6.29 Å². The standard InChI is InChI=1S/C11H7NO/c12-8-2-1-3-10-4-6-11(9-13)7-5-10/h4-7,9H,2H2. The summed E-state index contributed by atoms with van der Waals surface area (Å²) in [6.45, 7) is 0. The van der Waals surface area contributed by atoms with Crippen LogP contribution in [0.2, 0.25) is 0 Å². The van der Waals surface area contributed by atoms with Crippen molar-refractivity contribution in [3.05, 3.63) is 35.4 Å². The molecule has 0 aliphatic rings. The highest BCUT2D eigenvalue weighted by Crippen LogP contribution is 2.00. The average molecular weight is 169 g/mol. The molecule has 0 N–H and O–H groups in total. The molecule has 0 aliphatic heterocycles. The second kappa shape index (κ2) is 4.74. The van der Waals surface area contributed by atoms with Gasteiger partial charge in [-0.15, -0.1) is 0 Å². The van der Waals surface area contributed by atoms with E-state index in [0.717, 1.165) is 11.8 Å². The summed E-state index contributed by atoms with van der Waals surface area (Å²) in [6.07, 6.45) is 1.02. The van der Waals surface area contributed by atoms with Crippen LogP contribution in [0.15, 0.2) is 24.3 Å². The molecule has 0 heterocycles. The predicted octanol–water partition coefficient (Wildman–Crippen LogP) is 1.76. The molecule has 13 heavy (non-hydrogen) atoms. The number of benzene rings is 1. The van der Waals surface area contributed by atoms with E-state index in [1.807, 2.05) is 6.07 Å². The van der Waals surface area contributed by atoms with Crippen molar-refractivity contribution in [3.63, 3.8) is 0 Å². The molecular formula is C11H7NO. The number of carbonyl (C=O) groups excluding carboxylic acids is 1. The van der Waals surface area contributed by atoms with Crippen LogP contribution < -0.4 is 0 Å². The Bertz CT molecular complexity index is 387. The molecule has 0 saturated heterocycles. The molecule has 0 spiro atoms. The minimum atomic E-state index is 0.232. The van der Waals surface area contributed by atoms with Crippen LogP contribution in [0.5, 0.6) is 0 Å². The maximum atomic E-state index is 10.3. The lowest BCUT2D eigenvalue weighted by Gasteiger charge is -1.89. The summed E-state index contributed by atoms with van der Waals surface area (Å²) < 4.78 is 0. The quantitative estimate of drug-likeness (QED) is 0.474. The van der Waals surface area contributed by atoms with Crippen molar-refractivity contribution in [1.29, 1.82) is 5.26 Å². The van der Waals surface area contributed by atoms with Gasteiger partial charge >= 0.3 is 0 Å². The van der Waals surface area contributed by atoms with E-state index in [2.05, 4.69) is 11.8 Å². The van der Waals surface area contributed by atoms with Gasteiger partial charge in [0.15, 0.2) is 0 Å². The van der Waals surface area contributed by atoms with Crippen molar-refractivity contribution in [2.45, 2.75) is 6.42 Å². The van der Waals surface area contributed by atoms with Crippen molar-refractivity contribution in [3.8, 4) is 17.9 Å². The minimum absolute atomic E-state index is 0.232. The average Bonchev–Trinajstić information content (AvgIpc) is 2.19.